The quantitative estimate of drug-likeness (QED) is 0.817. The predicted molar refractivity (Wildman–Crippen MR) is 71.2 cm³/mol. The van der Waals surface area contributed by atoms with Crippen LogP contribution in [0.15, 0.2) is 35.3 Å². The van der Waals surface area contributed by atoms with E-state index in [4.69, 9.17) is 5.11 Å². The van der Waals surface area contributed by atoms with E-state index < -0.39 is 17.9 Å². The van der Waals surface area contributed by atoms with Crippen molar-refractivity contribution in [2.45, 2.75) is 19.5 Å². The molecule has 7 nitrogen and oxygen atoms in total. The third-order valence-corrected chi connectivity index (χ3v) is 2.79. The number of fused-ring (bicyclic) bond motifs is 1. The number of para-hydroxylation sites is 1. The van der Waals surface area contributed by atoms with Crippen LogP contribution in [0.3, 0.4) is 0 Å². The molecule has 2 rings (SSSR count). The molecule has 0 aliphatic heterocycles. The van der Waals surface area contributed by atoms with Crippen LogP contribution in [0.5, 0.6) is 0 Å². The SMILES string of the molecule is CC(=O)NC(Cn1ncc(=O)c2ccccc21)C(=O)O. The Morgan fingerprint density at radius 1 is 1.40 bits per heavy atom. The van der Waals surface area contributed by atoms with Crippen LogP contribution in [0.25, 0.3) is 10.9 Å². The molecule has 0 saturated heterocycles. The summed E-state index contributed by atoms with van der Waals surface area (Å²) in [6, 6.07) is 5.66. The second-order valence-corrected chi connectivity index (χ2v) is 4.30. The van der Waals surface area contributed by atoms with Gasteiger partial charge in [0.25, 0.3) is 0 Å². The van der Waals surface area contributed by atoms with Crippen LogP contribution in [0.1, 0.15) is 6.92 Å². The number of nitrogens with zero attached hydrogens (tertiary/aromatic N) is 2. The van der Waals surface area contributed by atoms with Gasteiger partial charge in [-0.25, -0.2) is 4.79 Å². The average molecular weight is 275 g/mol. The van der Waals surface area contributed by atoms with Gasteiger partial charge in [0, 0.05) is 12.3 Å². The lowest BCUT2D eigenvalue weighted by Crippen LogP contribution is -2.43. The summed E-state index contributed by atoms with van der Waals surface area (Å²) in [6.45, 7) is 1.18. The summed E-state index contributed by atoms with van der Waals surface area (Å²) in [5.41, 5.74) is 0.292. The largest absolute Gasteiger partial charge is 0.480 e. The first-order chi connectivity index (χ1) is 9.49. The molecule has 0 radical (unpaired) electrons. The molecule has 1 amide bonds. The maximum atomic E-state index is 11.7. The molecule has 1 unspecified atom stereocenters. The van der Waals surface area contributed by atoms with Crippen LogP contribution in [-0.2, 0) is 16.1 Å². The molecule has 104 valence electrons. The van der Waals surface area contributed by atoms with Crippen LogP contribution in [0.4, 0.5) is 0 Å². The highest BCUT2D eigenvalue weighted by atomic mass is 16.4. The van der Waals surface area contributed by atoms with E-state index >= 15 is 0 Å². The van der Waals surface area contributed by atoms with Crippen molar-refractivity contribution in [3.8, 4) is 0 Å². The lowest BCUT2D eigenvalue weighted by molar-refractivity contribution is -0.142. The van der Waals surface area contributed by atoms with E-state index in [0.29, 0.717) is 10.9 Å². The minimum absolute atomic E-state index is 0.0598. The Bertz CT molecular complexity index is 723. The molecule has 0 saturated carbocycles. The number of carboxylic acid groups (broad SMARTS) is 1. The van der Waals surface area contributed by atoms with E-state index in [0.717, 1.165) is 6.20 Å². The smallest absolute Gasteiger partial charge is 0.328 e. The normalized spacial score (nSPS) is 12.1. The fourth-order valence-electron chi connectivity index (χ4n) is 1.91. The molecule has 2 N–H and O–H groups in total. The molecule has 0 aliphatic carbocycles. The number of nitrogens with one attached hydrogen (secondary N) is 1. The highest BCUT2D eigenvalue weighted by Gasteiger charge is 2.20. The monoisotopic (exact) mass is 275 g/mol. The van der Waals surface area contributed by atoms with Crippen molar-refractivity contribution in [2.75, 3.05) is 0 Å². The van der Waals surface area contributed by atoms with Crippen LogP contribution in [0.2, 0.25) is 0 Å². The number of benzene rings is 1. The first-order valence-corrected chi connectivity index (χ1v) is 5.94. The highest BCUT2D eigenvalue weighted by Crippen LogP contribution is 2.08. The molecule has 0 spiro atoms. The molecular weight excluding hydrogens is 262 g/mol. The van der Waals surface area contributed by atoms with Gasteiger partial charge in [-0.15, -0.1) is 0 Å². The number of rotatable bonds is 4. The number of amides is 1. The number of hydrogen-bond acceptors (Lipinski definition) is 4. The number of carbonyl (C=O) groups excluding carboxylic acids is 1. The lowest BCUT2D eigenvalue weighted by Gasteiger charge is -2.16. The summed E-state index contributed by atoms with van der Waals surface area (Å²) in [7, 11) is 0. The van der Waals surface area contributed by atoms with Crippen molar-refractivity contribution in [2.24, 2.45) is 0 Å². The topological polar surface area (TPSA) is 101 Å². The molecule has 7 heteroatoms. The van der Waals surface area contributed by atoms with Gasteiger partial charge in [0.2, 0.25) is 11.3 Å². The van der Waals surface area contributed by atoms with E-state index in [9.17, 15) is 14.4 Å². The zero-order valence-electron chi connectivity index (χ0n) is 10.7. The fraction of sp³-hybridized carbons (Fsp3) is 0.231. The Balaban J connectivity index is 2.42. The Labute approximate surface area is 113 Å². The van der Waals surface area contributed by atoms with Crippen LogP contribution in [0, 0.1) is 0 Å². The zero-order valence-corrected chi connectivity index (χ0v) is 10.7. The van der Waals surface area contributed by atoms with Gasteiger partial charge in [0.15, 0.2) is 0 Å². The van der Waals surface area contributed by atoms with E-state index in [1.54, 1.807) is 24.3 Å². The maximum absolute atomic E-state index is 11.7. The second-order valence-electron chi connectivity index (χ2n) is 4.30. The molecule has 0 bridgehead atoms. The molecule has 1 aromatic carbocycles. The first kappa shape index (κ1) is 13.7. The van der Waals surface area contributed by atoms with Crippen molar-refractivity contribution in [3.05, 3.63) is 40.7 Å². The molecule has 1 atom stereocenters. The number of aromatic nitrogens is 2. The third-order valence-electron chi connectivity index (χ3n) is 2.79. The second kappa shape index (κ2) is 5.52. The number of carbonyl (C=O) groups is 2. The standard InChI is InChI=1S/C13H13N3O4/c1-8(17)15-10(13(19)20)7-16-11-5-3-2-4-9(11)12(18)6-14-16/h2-6,10H,7H2,1H3,(H,15,17)(H,19,20). The molecule has 1 aromatic heterocycles. The van der Waals surface area contributed by atoms with Gasteiger partial charge in [-0.2, -0.15) is 5.10 Å². The van der Waals surface area contributed by atoms with Crippen molar-refractivity contribution in [3.63, 3.8) is 0 Å². The van der Waals surface area contributed by atoms with E-state index in [-0.39, 0.29) is 12.0 Å². The van der Waals surface area contributed by atoms with Crippen molar-refractivity contribution in [1.29, 1.82) is 0 Å². The summed E-state index contributed by atoms with van der Waals surface area (Å²) in [5, 5.41) is 15.8. The highest BCUT2D eigenvalue weighted by molar-refractivity contribution is 5.82. The van der Waals surface area contributed by atoms with Gasteiger partial charge in [-0.1, -0.05) is 12.1 Å². The summed E-state index contributed by atoms with van der Waals surface area (Å²) in [4.78, 5) is 33.8. The molecule has 1 heterocycles. The van der Waals surface area contributed by atoms with Crippen molar-refractivity contribution < 1.29 is 14.7 Å². The average Bonchev–Trinajstić information content (AvgIpc) is 2.40. The third kappa shape index (κ3) is 2.82. The molecule has 20 heavy (non-hydrogen) atoms. The van der Waals surface area contributed by atoms with Gasteiger partial charge in [0.05, 0.1) is 18.3 Å². The van der Waals surface area contributed by atoms with E-state index in [2.05, 4.69) is 10.4 Å². The number of hydrogen-bond donors (Lipinski definition) is 2. The minimum Gasteiger partial charge on any atom is -0.480 e. The molecular formula is C13H13N3O4. The van der Waals surface area contributed by atoms with Crippen LogP contribution in [-0.4, -0.2) is 32.8 Å². The fourth-order valence-corrected chi connectivity index (χ4v) is 1.91. The van der Waals surface area contributed by atoms with Crippen molar-refractivity contribution >= 4 is 22.8 Å². The van der Waals surface area contributed by atoms with Gasteiger partial charge >= 0.3 is 5.97 Å². The first-order valence-electron chi connectivity index (χ1n) is 5.94. The molecule has 2 aromatic rings. The minimum atomic E-state index is -1.16. The van der Waals surface area contributed by atoms with Gasteiger partial charge in [-0.05, 0) is 12.1 Å². The zero-order chi connectivity index (χ0) is 14.7. The molecule has 0 fully saturated rings. The van der Waals surface area contributed by atoms with E-state index in [1.165, 1.54) is 11.6 Å². The maximum Gasteiger partial charge on any atom is 0.328 e. The summed E-state index contributed by atoms with van der Waals surface area (Å²) in [5.74, 6) is -1.60. The van der Waals surface area contributed by atoms with Gasteiger partial charge in [0.1, 0.15) is 6.04 Å². The summed E-state index contributed by atoms with van der Waals surface area (Å²) < 4.78 is 1.39. The number of aliphatic carboxylic acids is 1. The van der Waals surface area contributed by atoms with Crippen molar-refractivity contribution in [1.82, 2.24) is 15.1 Å². The van der Waals surface area contributed by atoms with Crippen LogP contribution >= 0.6 is 0 Å². The summed E-state index contributed by atoms with van der Waals surface area (Å²) in [6.07, 6.45) is 1.13. The number of carboxylic acids is 1. The van der Waals surface area contributed by atoms with Crippen LogP contribution < -0.4 is 10.7 Å². The van der Waals surface area contributed by atoms with E-state index in [1.807, 2.05) is 0 Å². The Morgan fingerprint density at radius 2 is 2.10 bits per heavy atom. The Morgan fingerprint density at radius 3 is 2.75 bits per heavy atom. The lowest BCUT2D eigenvalue weighted by atomic mass is 10.2. The Kier molecular flexibility index (Phi) is 3.79. The molecule has 0 aliphatic rings. The predicted octanol–water partition coefficient (Wildman–Crippen LogP) is -0.0142. The Hall–Kier alpha value is -2.70. The van der Waals surface area contributed by atoms with Gasteiger partial charge < -0.3 is 10.4 Å². The van der Waals surface area contributed by atoms with Gasteiger partial charge in [-0.3, -0.25) is 14.3 Å². The summed E-state index contributed by atoms with van der Waals surface area (Å²) >= 11 is 0.